The Labute approximate surface area is 198 Å². The zero-order valence-electron chi connectivity index (χ0n) is 19.0. The first kappa shape index (κ1) is 20.9. The number of anilines is 3. The number of rotatable bonds is 7. The maximum absolute atomic E-state index is 5.54. The van der Waals surface area contributed by atoms with E-state index in [1.807, 2.05) is 42.5 Å². The van der Waals surface area contributed by atoms with Crippen LogP contribution in [-0.4, -0.2) is 53.7 Å². The lowest BCUT2D eigenvalue weighted by Gasteiger charge is -2.28. The van der Waals surface area contributed by atoms with Crippen LogP contribution in [0.2, 0.25) is 0 Å². The number of aromatic nitrogens is 3. The maximum atomic E-state index is 5.54. The molecule has 3 aromatic rings. The van der Waals surface area contributed by atoms with Gasteiger partial charge in [-0.3, -0.25) is 4.99 Å². The fraction of sp³-hybridized carbons (Fsp3) is 0.360. The highest BCUT2D eigenvalue weighted by Crippen LogP contribution is 2.38. The van der Waals surface area contributed by atoms with E-state index in [2.05, 4.69) is 37.1 Å². The zero-order chi connectivity index (χ0) is 22.7. The van der Waals surface area contributed by atoms with Gasteiger partial charge in [0.05, 0.1) is 13.1 Å². The van der Waals surface area contributed by atoms with Gasteiger partial charge >= 0.3 is 0 Å². The standard InChI is InChI=1S/C25H28N8O/c1-2-4-18(5-3-1)21-13-20(34-32-21)16-28-25-30-23(14-24(31-25)33-10-8-26-9-11-33)29-22-12-19(15-27-22)17-6-7-17/h1-5,12-14,17,26H,6-11,15-16H2,(H2,27,28,29,30,31). The van der Waals surface area contributed by atoms with E-state index >= 15 is 0 Å². The van der Waals surface area contributed by atoms with Crippen molar-refractivity contribution in [2.45, 2.75) is 19.4 Å². The van der Waals surface area contributed by atoms with E-state index in [0.717, 1.165) is 73.1 Å². The van der Waals surface area contributed by atoms with Gasteiger partial charge in [0, 0.05) is 43.9 Å². The van der Waals surface area contributed by atoms with Gasteiger partial charge in [-0.15, -0.1) is 0 Å². The first-order valence-electron chi connectivity index (χ1n) is 11.9. The van der Waals surface area contributed by atoms with Crippen molar-refractivity contribution in [3.63, 3.8) is 0 Å². The summed E-state index contributed by atoms with van der Waals surface area (Å²) in [6, 6.07) is 13.9. The summed E-state index contributed by atoms with van der Waals surface area (Å²) < 4.78 is 5.54. The van der Waals surface area contributed by atoms with Gasteiger partial charge in [0.1, 0.15) is 23.2 Å². The summed E-state index contributed by atoms with van der Waals surface area (Å²) in [6.45, 7) is 4.93. The molecular formula is C25H28N8O. The minimum Gasteiger partial charge on any atom is -0.359 e. The molecule has 2 aromatic heterocycles. The van der Waals surface area contributed by atoms with Crippen molar-refractivity contribution in [3.05, 3.63) is 59.9 Å². The first-order chi connectivity index (χ1) is 16.8. The summed E-state index contributed by atoms with van der Waals surface area (Å²) >= 11 is 0. The molecule has 3 aliphatic rings. The van der Waals surface area contributed by atoms with E-state index in [-0.39, 0.29) is 0 Å². The molecule has 2 aliphatic heterocycles. The summed E-state index contributed by atoms with van der Waals surface area (Å²) in [5.74, 6) is 4.50. The van der Waals surface area contributed by atoms with Crippen LogP contribution in [-0.2, 0) is 6.54 Å². The second-order valence-corrected chi connectivity index (χ2v) is 8.89. The molecule has 1 saturated heterocycles. The number of nitrogens with one attached hydrogen (secondary N) is 3. The third-order valence-corrected chi connectivity index (χ3v) is 6.31. The highest BCUT2D eigenvalue weighted by molar-refractivity contribution is 6.05. The molecule has 9 heteroatoms. The number of benzene rings is 1. The van der Waals surface area contributed by atoms with Crippen LogP contribution in [0.5, 0.6) is 0 Å². The second kappa shape index (κ2) is 9.26. The van der Waals surface area contributed by atoms with E-state index in [1.54, 1.807) is 0 Å². The number of amidine groups is 1. The van der Waals surface area contributed by atoms with Crippen molar-refractivity contribution in [2.75, 3.05) is 48.3 Å². The summed E-state index contributed by atoms with van der Waals surface area (Å²) in [7, 11) is 0. The molecule has 9 nitrogen and oxygen atoms in total. The number of hydrogen-bond acceptors (Lipinski definition) is 9. The number of aliphatic imine (C=N–C) groups is 1. The summed E-state index contributed by atoms with van der Waals surface area (Å²) in [6.07, 6.45) is 4.75. The third kappa shape index (κ3) is 4.79. The Morgan fingerprint density at radius 1 is 1.06 bits per heavy atom. The Morgan fingerprint density at radius 2 is 1.91 bits per heavy atom. The summed E-state index contributed by atoms with van der Waals surface area (Å²) in [5.41, 5.74) is 3.27. The van der Waals surface area contributed by atoms with Gasteiger partial charge in [0.25, 0.3) is 0 Å². The van der Waals surface area contributed by atoms with Crippen LogP contribution >= 0.6 is 0 Å². The Morgan fingerprint density at radius 3 is 2.74 bits per heavy atom. The molecule has 0 radical (unpaired) electrons. The lowest BCUT2D eigenvalue weighted by Crippen LogP contribution is -2.44. The molecule has 1 saturated carbocycles. The molecule has 0 amide bonds. The Balaban J connectivity index is 1.19. The minimum atomic E-state index is 0.441. The fourth-order valence-electron chi connectivity index (χ4n) is 4.29. The van der Waals surface area contributed by atoms with Crippen molar-refractivity contribution in [1.29, 1.82) is 0 Å². The molecule has 2 fully saturated rings. The quantitative estimate of drug-likeness (QED) is 0.498. The monoisotopic (exact) mass is 456 g/mol. The Hall–Kier alpha value is -3.72. The van der Waals surface area contributed by atoms with Gasteiger partial charge in [-0.25, -0.2) is 0 Å². The largest absolute Gasteiger partial charge is 0.359 e. The van der Waals surface area contributed by atoms with Crippen LogP contribution in [0.4, 0.5) is 17.6 Å². The predicted octanol–water partition coefficient (Wildman–Crippen LogP) is 3.31. The van der Waals surface area contributed by atoms with E-state index in [0.29, 0.717) is 12.5 Å². The van der Waals surface area contributed by atoms with E-state index in [9.17, 15) is 0 Å². The summed E-state index contributed by atoms with van der Waals surface area (Å²) in [5, 5.41) is 14.3. The normalized spacial score (nSPS) is 17.9. The molecule has 1 aromatic carbocycles. The van der Waals surface area contributed by atoms with Crippen molar-refractivity contribution < 1.29 is 4.52 Å². The molecule has 6 rings (SSSR count). The molecule has 0 unspecified atom stereocenters. The van der Waals surface area contributed by atoms with Crippen LogP contribution in [0, 0.1) is 5.92 Å². The SMILES string of the molecule is C1=C(C2CC2)CN=C1Nc1cc(N2CCNCC2)nc(NCc2cc(-c3ccccc3)no2)n1. The number of piperazine rings is 1. The van der Waals surface area contributed by atoms with Crippen molar-refractivity contribution in [3.8, 4) is 11.3 Å². The van der Waals surface area contributed by atoms with Crippen molar-refractivity contribution in [2.24, 2.45) is 10.9 Å². The summed E-state index contributed by atoms with van der Waals surface area (Å²) in [4.78, 5) is 16.4. The molecule has 174 valence electrons. The van der Waals surface area contributed by atoms with Crippen LogP contribution in [0.3, 0.4) is 0 Å². The molecule has 3 N–H and O–H groups in total. The van der Waals surface area contributed by atoms with Crippen LogP contribution < -0.4 is 20.9 Å². The smallest absolute Gasteiger partial charge is 0.227 e. The topological polar surface area (TPSA) is 104 Å². The van der Waals surface area contributed by atoms with Gasteiger partial charge in [-0.2, -0.15) is 9.97 Å². The van der Waals surface area contributed by atoms with Crippen molar-refractivity contribution >= 4 is 23.4 Å². The molecule has 0 atom stereocenters. The highest BCUT2D eigenvalue weighted by Gasteiger charge is 2.28. The molecule has 34 heavy (non-hydrogen) atoms. The first-order valence-corrected chi connectivity index (χ1v) is 11.9. The van der Waals surface area contributed by atoms with E-state index < -0.39 is 0 Å². The van der Waals surface area contributed by atoms with Gasteiger partial charge in [0.2, 0.25) is 5.95 Å². The Bertz CT molecular complexity index is 1210. The van der Waals surface area contributed by atoms with Crippen LogP contribution in [0.25, 0.3) is 11.3 Å². The minimum absolute atomic E-state index is 0.441. The average Bonchev–Trinajstić information content (AvgIpc) is 3.44. The van der Waals surface area contributed by atoms with Gasteiger partial charge in [-0.05, 0) is 30.4 Å². The third-order valence-electron chi connectivity index (χ3n) is 6.31. The predicted molar refractivity (Wildman–Crippen MR) is 133 cm³/mol. The molecule has 4 heterocycles. The van der Waals surface area contributed by atoms with E-state index in [1.165, 1.54) is 18.4 Å². The average molecular weight is 457 g/mol. The van der Waals surface area contributed by atoms with E-state index in [4.69, 9.17) is 14.5 Å². The lowest BCUT2D eigenvalue weighted by molar-refractivity contribution is 0.390. The Kier molecular flexibility index (Phi) is 5.68. The number of nitrogens with zero attached hydrogens (tertiary/aromatic N) is 5. The molecular weight excluding hydrogens is 428 g/mol. The van der Waals surface area contributed by atoms with Crippen molar-refractivity contribution in [1.82, 2.24) is 20.4 Å². The van der Waals surface area contributed by atoms with Gasteiger partial charge in [-0.1, -0.05) is 35.5 Å². The zero-order valence-corrected chi connectivity index (χ0v) is 19.0. The second-order valence-electron chi connectivity index (χ2n) is 8.89. The molecule has 0 spiro atoms. The van der Waals surface area contributed by atoms with Gasteiger partial charge < -0.3 is 25.4 Å². The highest BCUT2D eigenvalue weighted by atomic mass is 16.5. The lowest BCUT2D eigenvalue weighted by atomic mass is 10.1. The van der Waals surface area contributed by atoms with Crippen LogP contribution in [0.1, 0.15) is 18.6 Å². The van der Waals surface area contributed by atoms with Crippen LogP contribution in [0.15, 0.2) is 63.6 Å². The molecule has 1 aliphatic carbocycles. The maximum Gasteiger partial charge on any atom is 0.227 e. The fourth-order valence-corrected chi connectivity index (χ4v) is 4.29. The van der Waals surface area contributed by atoms with Gasteiger partial charge in [0.15, 0.2) is 5.76 Å². The molecule has 0 bridgehead atoms. The number of hydrogen-bond donors (Lipinski definition) is 3.